The molecule has 2 fully saturated rings. The predicted octanol–water partition coefficient (Wildman–Crippen LogP) is 4.39. The highest BCUT2D eigenvalue weighted by atomic mass is 16.5. The number of nitrogens with one attached hydrogen (secondary N) is 1. The molecule has 1 aromatic carbocycles. The van der Waals surface area contributed by atoms with Gasteiger partial charge in [-0.05, 0) is 62.6 Å². The maximum atomic E-state index is 10.7. The van der Waals surface area contributed by atoms with Crippen molar-refractivity contribution < 1.29 is 14.6 Å². The van der Waals surface area contributed by atoms with Crippen LogP contribution in [0.3, 0.4) is 0 Å². The number of anilines is 1. The van der Waals surface area contributed by atoms with Crippen LogP contribution in [0.5, 0.6) is 0 Å². The quantitative estimate of drug-likeness (QED) is 0.778. The predicted molar refractivity (Wildman–Crippen MR) is 95.4 cm³/mol. The molecule has 24 heavy (non-hydrogen) atoms. The number of carboxylic acid groups (broad SMARTS) is 1. The Morgan fingerprint density at radius 2 is 1.79 bits per heavy atom. The molecule has 2 saturated carbocycles. The lowest BCUT2D eigenvalue weighted by Gasteiger charge is -2.31. The summed E-state index contributed by atoms with van der Waals surface area (Å²) in [6, 6.07) is 8.67. The standard InChI is InChI=1S/C20H29NO3/c22-20(23)13-8-15-4-3-5-17(14-15)21-16-9-11-19(12-10-16)24-18-6-1-2-7-18/h3-5,14,16,18-19,21H,1-2,6-13H2,(H,22,23). The van der Waals surface area contributed by atoms with Gasteiger partial charge >= 0.3 is 5.97 Å². The van der Waals surface area contributed by atoms with E-state index in [1.54, 1.807) is 0 Å². The highest BCUT2D eigenvalue weighted by Crippen LogP contribution is 2.29. The molecule has 1 aromatic rings. The Labute approximate surface area is 144 Å². The molecule has 0 saturated heterocycles. The molecule has 4 nitrogen and oxygen atoms in total. The van der Waals surface area contributed by atoms with Crippen molar-refractivity contribution in [3.63, 3.8) is 0 Å². The Hall–Kier alpha value is -1.55. The third-order valence-corrected chi connectivity index (χ3v) is 5.29. The molecule has 0 amide bonds. The summed E-state index contributed by atoms with van der Waals surface area (Å²) in [5, 5.41) is 12.4. The Balaban J connectivity index is 1.43. The number of carbonyl (C=O) groups is 1. The number of rotatable bonds is 7. The first-order chi connectivity index (χ1) is 11.7. The molecule has 2 N–H and O–H groups in total. The van der Waals surface area contributed by atoms with Crippen molar-refractivity contribution in [3.05, 3.63) is 29.8 Å². The number of benzene rings is 1. The Bertz CT molecular complexity index is 531. The van der Waals surface area contributed by atoms with Crippen LogP contribution in [-0.4, -0.2) is 29.3 Å². The van der Waals surface area contributed by atoms with E-state index < -0.39 is 5.97 Å². The summed E-state index contributed by atoms with van der Waals surface area (Å²) in [4.78, 5) is 10.7. The van der Waals surface area contributed by atoms with Crippen molar-refractivity contribution in [1.82, 2.24) is 0 Å². The molecule has 0 spiro atoms. The van der Waals surface area contributed by atoms with E-state index in [2.05, 4.69) is 17.4 Å². The maximum Gasteiger partial charge on any atom is 0.303 e. The van der Waals surface area contributed by atoms with Gasteiger partial charge in [-0.3, -0.25) is 4.79 Å². The van der Waals surface area contributed by atoms with Crippen molar-refractivity contribution in [3.8, 4) is 0 Å². The molecule has 132 valence electrons. The maximum absolute atomic E-state index is 10.7. The van der Waals surface area contributed by atoms with Crippen LogP contribution in [-0.2, 0) is 16.0 Å². The van der Waals surface area contributed by atoms with Gasteiger partial charge < -0.3 is 15.2 Å². The minimum absolute atomic E-state index is 0.188. The van der Waals surface area contributed by atoms with Crippen molar-refractivity contribution in [2.45, 2.75) is 82.5 Å². The minimum Gasteiger partial charge on any atom is -0.481 e. The van der Waals surface area contributed by atoms with E-state index in [-0.39, 0.29) is 6.42 Å². The Kier molecular flexibility index (Phi) is 6.13. The molecule has 0 radical (unpaired) electrons. The van der Waals surface area contributed by atoms with Crippen LogP contribution in [0.2, 0.25) is 0 Å². The van der Waals surface area contributed by atoms with E-state index in [0.29, 0.717) is 24.7 Å². The van der Waals surface area contributed by atoms with Crippen molar-refractivity contribution >= 4 is 11.7 Å². The van der Waals surface area contributed by atoms with Crippen LogP contribution in [0.25, 0.3) is 0 Å². The van der Waals surface area contributed by atoms with E-state index in [4.69, 9.17) is 9.84 Å². The molecule has 2 aliphatic carbocycles. The zero-order valence-electron chi connectivity index (χ0n) is 14.4. The summed E-state index contributed by atoms with van der Waals surface area (Å²) in [6.07, 6.45) is 11.5. The summed E-state index contributed by atoms with van der Waals surface area (Å²) in [6.45, 7) is 0. The topological polar surface area (TPSA) is 58.6 Å². The van der Waals surface area contributed by atoms with E-state index in [1.165, 1.54) is 25.7 Å². The van der Waals surface area contributed by atoms with E-state index in [0.717, 1.165) is 36.9 Å². The van der Waals surface area contributed by atoms with Gasteiger partial charge in [0.15, 0.2) is 0 Å². The van der Waals surface area contributed by atoms with Gasteiger partial charge in [-0.2, -0.15) is 0 Å². The van der Waals surface area contributed by atoms with Crippen LogP contribution in [0.4, 0.5) is 5.69 Å². The first-order valence-electron chi connectivity index (χ1n) is 9.42. The van der Waals surface area contributed by atoms with Crippen LogP contribution in [0.15, 0.2) is 24.3 Å². The second-order valence-corrected chi connectivity index (χ2v) is 7.25. The summed E-state index contributed by atoms with van der Waals surface area (Å²) < 4.78 is 6.24. The van der Waals surface area contributed by atoms with Crippen molar-refractivity contribution in [1.29, 1.82) is 0 Å². The fourth-order valence-electron chi connectivity index (χ4n) is 3.94. The average molecular weight is 331 g/mol. The van der Waals surface area contributed by atoms with Gasteiger partial charge in [0, 0.05) is 18.2 Å². The lowest BCUT2D eigenvalue weighted by atomic mass is 9.92. The van der Waals surface area contributed by atoms with Crippen molar-refractivity contribution in [2.75, 3.05) is 5.32 Å². The molecule has 0 atom stereocenters. The zero-order valence-corrected chi connectivity index (χ0v) is 14.4. The van der Waals surface area contributed by atoms with Gasteiger partial charge in [-0.15, -0.1) is 0 Å². The second-order valence-electron chi connectivity index (χ2n) is 7.25. The Morgan fingerprint density at radius 1 is 1.08 bits per heavy atom. The molecule has 2 aliphatic rings. The SMILES string of the molecule is O=C(O)CCc1cccc(NC2CCC(OC3CCCC3)CC2)c1. The monoisotopic (exact) mass is 331 g/mol. The molecule has 0 aliphatic heterocycles. The van der Waals surface area contributed by atoms with Gasteiger partial charge in [0.2, 0.25) is 0 Å². The zero-order chi connectivity index (χ0) is 16.8. The number of aliphatic carboxylic acids is 1. The summed E-state index contributed by atoms with van der Waals surface area (Å²) >= 11 is 0. The number of aryl methyl sites for hydroxylation is 1. The van der Waals surface area contributed by atoms with Gasteiger partial charge in [0.1, 0.15) is 0 Å². The fourth-order valence-corrected chi connectivity index (χ4v) is 3.94. The van der Waals surface area contributed by atoms with E-state index in [9.17, 15) is 4.79 Å². The molecule has 0 heterocycles. The molecule has 0 bridgehead atoms. The highest BCUT2D eigenvalue weighted by molar-refractivity contribution is 5.67. The van der Waals surface area contributed by atoms with Crippen LogP contribution in [0.1, 0.15) is 63.4 Å². The lowest BCUT2D eigenvalue weighted by Crippen LogP contribution is -2.31. The number of hydrogen-bond acceptors (Lipinski definition) is 3. The Morgan fingerprint density at radius 3 is 2.50 bits per heavy atom. The van der Waals surface area contributed by atoms with Gasteiger partial charge in [-0.25, -0.2) is 0 Å². The molecule has 0 aromatic heterocycles. The van der Waals surface area contributed by atoms with Crippen molar-refractivity contribution in [2.24, 2.45) is 0 Å². The number of ether oxygens (including phenoxy) is 1. The number of hydrogen-bond donors (Lipinski definition) is 2. The average Bonchev–Trinajstić information content (AvgIpc) is 3.08. The molecule has 0 unspecified atom stereocenters. The van der Waals surface area contributed by atoms with Crippen LogP contribution < -0.4 is 5.32 Å². The molecule has 3 rings (SSSR count). The molecule has 4 heteroatoms. The lowest BCUT2D eigenvalue weighted by molar-refractivity contribution is -0.136. The van der Waals surface area contributed by atoms with Crippen LogP contribution in [0, 0.1) is 0 Å². The molecular weight excluding hydrogens is 302 g/mol. The van der Waals surface area contributed by atoms with Crippen LogP contribution >= 0.6 is 0 Å². The molecular formula is C20H29NO3. The van der Waals surface area contributed by atoms with E-state index in [1.807, 2.05) is 12.1 Å². The normalized spacial score (nSPS) is 24.8. The smallest absolute Gasteiger partial charge is 0.303 e. The first-order valence-corrected chi connectivity index (χ1v) is 9.42. The first kappa shape index (κ1) is 17.3. The fraction of sp³-hybridized carbons (Fsp3) is 0.650. The van der Waals surface area contributed by atoms with Gasteiger partial charge in [-0.1, -0.05) is 25.0 Å². The minimum atomic E-state index is -0.742. The summed E-state index contributed by atoms with van der Waals surface area (Å²) in [5.74, 6) is -0.742. The van der Waals surface area contributed by atoms with Gasteiger partial charge in [0.05, 0.1) is 12.2 Å². The van der Waals surface area contributed by atoms with E-state index >= 15 is 0 Å². The third kappa shape index (κ3) is 5.23. The second kappa shape index (κ2) is 8.52. The van der Waals surface area contributed by atoms with Gasteiger partial charge in [0.25, 0.3) is 0 Å². The highest BCUT2D eigenvalue weighted by Gasteiger charge is 2.25. The third-order valence-electron chi connectivity index (χ3n) is 5.29. The summed E-state index contributed by atoms with van der Waals surface area (Å²) in [7, 11) is 0. The summed E-state index contributed by atoms with van der Waals surface area (Å²) in [5.41, 5.74) is 2.19. The number of carboxylic acids is 1. The largest absolute Gasteiger partial charge is 0.481 e.